The molecule has 0 spiro atoms. The van der Waals surface area contributed by atoms with Crippen molar-refractivity contribution in [3.05, 3.63) is 52.8 Å². The second-order valence-electron chi connectivity index (χ2n) is 6.94. The van der Waals surface area contributed by atoms with Gasteiger partial charge in [-0.3, -0.25) is 4.79 Å². The zero-order valence-electron chi connectivity index (χ0n) is 16.5. The number of hydrogen-bond acceptors (Lipinski definition) is 4. The minimum Gasteiger partial charge on any atom is -0.492 e. The van der Waals surface area contributed by atoms with Gasteiger partial charge in [0.15, 0.2) is 17.5 Å². The fourth-order valence-corrected chi connectivity index (χ4v) is 5.15. The molecule has 11 heteroatoms. The van der Waals surface area contributed by atoms with E-state index in [9.17, 15) is 26.4 Å². The number of sulfonamides is 1. The highest BCUT2D eigenvalue weighted by Gasteiger charge is 2.34. The van der Waals surface area contributed by atoms with Crippen LogP contribution in [0.4, 0.5) is 18.9 Å². The van der Waals surface area contributed by atoms with E-state index in [1.807, 2.05) is 0 Å². The van der Waals surface area contributed by atoms with Crippen LogP contribution in [0, 0.1) is 23.4 Å². The Hall–Kier alpha value is -2.30. The van der Waals surface area contributed by atoms with Crippen LogP contribution in [0.2, 0.25) is 5.02 Å². The Morgan fingerprint density at radius 3 is 2.65 bits per heavy atom. The number of carbonyl (C=O) groups is 1. The Balaban J connectivity index is 1.76. The number of nitrogens with zero attached hydrogens (tertiary/aromatic N) is 1. The van der Waals surface area contributed by atoms with Gasteiger partial charge in [0.05, 0.1) is 28.1 Å². The molecule has 0 aromatic heterocycles. The van der Waals surface area contributed by atoms with Gasteiger partial charge in [-0.25, -0.2) is 21.6 Å². The Kier molecular flexibility index (Phi) is 7.13. The van der Waals surface area contributed by atoms with Gasteiger partial charge in [0.1, 0.15) is 5.75 Å². The van der Waals surface area contributed by atoms with Crippen molar-refractivity contribution in [1.82, 2.24) is 4.31 Å². The van der Waals surface area contributed by atoms with Gasteiger partial charge in [0, 0.05) is 13.1 Å². The lowest BCUT2D eigenvalue weighted by Gasteiger charge is -2.31. The van der Waals surface area contributed by atoms with Crippen LogP contribution < -0.4 is 10.1 Å². The van der Waals surface area contributed by atoms with Gasteiger partial charge in [0.25, 0.3) is 0 Å². The molecule has 1 aliphatic rings. The zero-order chi connectivity index (χ0) is 22.8. The molecule has 168 valence electrons. The topological polar surface area (TPSA) is 75.7 Å². The smallest absolute Gasteiger partial charge is 0.243 e. The summed E-state index contributed by atoms with van der Waals surface area (Å²) in [6, 6.07) is 5.71. The van der Waals surface area contributed by atoms with Crippen molar-refractivity contribution >= 4 is 33.2 Å². The average molecular weight is 477 g/mol. The lowest BCUT2D eigenvalue weighted by Crippen LogP contribution is -2.43. The summed E-state index contributed by atoms with van der Waals surface area (Å²) in [5.41, 5.74) is -0.512. The van der Waals surface area contributed by atoms with Crippen LogP contribution in [0.3, 0.4) is 0 Å². The van der Waals surface area contributed by atoms with E-state index in [-0.39, 0.29) is 23.0 Å². The molecule has 3 rings (SSSR count). The largest absolute Gasteiger partial charge is 0.492 e. The van der Waals surface area contributed by atoms with Crippen LogP contribution >= 0.6 is 11.6 Å². The Morgan fingerprint density at radius 1 is 1.23 bits per heavy atom. The summed E-state index contributed by atoms with van der Waals surface area (Å²) in [5.74, 6) is -5.72. The zero-order valence-corrected chi connectivity index (χ0v) is 18.1. The van der Waals surface area contributed by atoms with Crippen molar-refractivity contribution in [1.29, 1.82) is 0 Å². The predicted octanol–water partition coefficient (Wildman–Crippen LogP) is 4.20. The van der Waals surface area contributed by atoms with Crippen molar-refractivity contribution in [2.75, 3.05) is 25.0 Å². The fourth-order valence-electron chi connectivity index (χ4n) is 3.30. The first-order chi connectivity index (χ1) is 14.6. The quantitative estimate of drug-likeness (QED) is 0.634. The summed E-state index contributed by atoms with van der Waals surface area (Å²) in [5, 5.41) is 2.35. The summed E-state index contributed by atoms with van der Waals surface area (Å²) in [6.45, 7) is 2.18. The van der Waals surface area contributed by atoms with E-state index >= 15 is 0 Å². The number of carbonyl (C=O) groups excluding carboxylic acids is 1. The Morgan fingerprint density at radius 2 is 1.97 bits per heavy atom. The minimum absolute atomic E-state index is 0.0475. The highest BCUT2D eigenvalue weighted by atomic mass is 35.5. The molecule has 1 N–H and O–H groups in total. The number of rotatable bonds is 6. The molecule has 0 radical (unpaired) electrons. The van der Waals surface area contributed by atoms with E-state index in [2.05, 4.69) is 5.32 Å². The number of piperidine rings is 1. The van der Waals surface area contributed by atoms with Crippen molar-refractivity contribution in [2.24, 2.45) is 5.92 Å². The maximum absolute atomic E-state index is 13.8. The normalized spacial score (nSPS) is 17.4. The van der Waals surface area contributed by atoms with Gasteiger partial charge in [0.2, 0.25) is 15.9 Å². The van der Waals surface area contributed by atoms with Crippen molar-refractivity contribution < 1.29 is 31.1 Å². The van der Waals surface area contributed by atoms with Gasteiger partial charge < -0.3 is 10.1 Å². The molecular weight excluding hydrogens is 457 g/mol. The van der Waals surface area contributed by atoms with Crippen LogP contribution in [0.1, 0.15) is 19.8 Å². The number of halogens is 4. The van der Waals surface area contributed by atoms with E-state index in [0.29, 0.717) is 31.3 Å². The number of amides is 1. The molecule has 2 aromatic rings. The molecule has 1 saturated heterocycles. The number of benzene rings is 2. The summed E-state index contributed by atoms with van der Waals surface area (Å²) >= 11 is 6.10. The molecule has 2 aromatic carbocycles. The summed E-state index contributed by atoms with van der Waals surface area (Å²) in [7, 11) is -3.95. The molecule has 0 bridgehead atoms. The van der Waals surface area contributed by atoms with Gasteiger partial charge in [-0.15, -0.1) is 0 Å². The minimum atomic E-state index is -3.95. The third-order valence-electron chi connectivity index (χ3n) is 4.89. The second-order valence-corrected chi connectivity index (χ2v) is 9.28. The van der Waals surface area contributed by atoms with Gasteiger partial charge in [-0.05, 0) is 50.1 Å². The Bertz CT molecular complexity index is 1100. The van der Waals surface area contributed by atoms with Crippen LogP contribution in [-0.4, -0.2) is 38.3 Å². The van der Waals surface area contributed by atoms with Crippen molar-refractivity contribution in [3.8, 4) is 5.75 Å². The summed E-state index contributed by atoms with van der Waals surface area (Å²) in [6.07, 6.45) is 0.746. The maximum atomic E-state index is 13.8. The monoisotopic (exact) mass is 476 g/mol. The SMILES string of the molecule is CCOc1ccc(S(=O)(=O)N2CCC[C@@H](C(=O)Nc3ccc(F)c(F)c3F)C2)cc1Cl. The van der Waals surface area contributed by atoms with Crippen LogP contribution in [-0.2, 0) is 14.8 Å². The van der Waals surface area contributed by atoms with Gasteiger partial charge >= 0.3 is 0 Å². The van der Waals surface area contributed by atoms with Crippen LogP contribution in [0.5, 0.6) is 5.75 Å². The molecule has 0 aliphatic carbocycles. The lowest BCUT2D eigenvalue weighted by molar-refractivity contribution is -0.120. The van der Waals surface area contributed by atoms with E-state index in [1.54, 1.807) is 6.92 Å². The lowest BCUT2D eigenvalue weighted by atomic mass is 9.98. The van der Waals surface area contributed by atoms with Crippen LogP contribution in [0.15, 0.2) is 35.2 Å². The van der Waals surface area contributed by atoms with Crippen molar-refractivity contribution in [3.63, 3.8) is 0 Å². The number of ether oxygens (including phenoxy) is 1. The molecule has 1 amide bonds. The molecule has 6 nitrogen and oxygen atoms in total. The third-order valence-corrected chi connectivity index (χ3v) is 7.05. The summed E-state index contributed by atoms with van der Waals surface area (Å²) < 4.78 is 72.8. The van der Waals surface area contributed by atoms with E-state index in [1.165, 1.54) is 18.2 Å². The third kappa shape index (κ3) is 4.97. The standard InChI is InChI=1S/C20H20ClF3N2O4S/c1-2-30-17-8-5-13(10-14(17)21)31(28,29)26-9-3-4-12(11-26)20(27)25-16-7-6-15(22)18(23)19(16)24/h5-8,10,12H,2-4,9,11H2,1H3,(H,25,27)/t12-/m1/s1. The molecule has 0 unspecified atom stereocenters. The number of hydrogen-bond donors (Lipinski definition) is 1. The average Bonchev–Trinajstić information content (AvgIpc) is 2.75. The summed E-state index contributed by atoms with van der Waals surface area (Å²) in [4.78, 5) is 12.5. The van der Waals surface area contributed by atoms with Crippen LogP contribution in [0.25, 0.3) is 0 Å². The number of nitrogens with one attached hydrogen (secondary N) is 1. The Labute approximate surface area is 183 Å². The number of anilines is 1. The molecule has 1 fully saturated rings. The first-order valence-corrected chi connectivity index (χ1v) is 11.3. The highest BCUT2D eigenvalue weighted by Crippen LogP contribution is 2.31. The van der Waals surface area contributed by atoms with E-state index < -0.39 is 45.0 Å². The fraction of sp³-hybridized carbons (Fsp3) is 0.350. The van der Waals surface area contributed by atoms with Gasteiger partial charge in [-0.2, -0.15) is 4.31 Å². The highest BCUT2D eigenvalue weighted by molar-refractivity contribution is 7.89. The van der Waals surface area contributed by atoms with E-state index in [4.69, 9.17) is 16.3 Å². The first-order valence-electron chi connectivity index (χ1n) is 9.52. The maximum Gasteiger partial charge on any atom is 0.243 e. The van der Waals surface area contributed by atoms with Crippen molar-refractivity contribution in [2.45, 2.75) is 24.7 Å². The van der Waals surface area contributed by atoms with E-state index in [0.717, 1.165) is 10.4 Å². The van der Waals surface area contributed by atoms with Gasteiger partial charge in [-0.1, -0.05) is 11.6 Å². The molecule has 1 aliphatic heterocycles. The predicted molar refractivity (Wildman–Crippen MR) is 109 cm³/mol. The molecule has 0 saturated carbocycles. The molecule has 1 heterocycles. The molecule has 31 heavy (non-hydrogen) atoms. The molecule has 1 atom stereocenters. The molecular formula is C20H20ClF3N2O4S. The first kappa shape index (κ1) is 23.4. The second kappa shape index (κ2) is 9.46.